The lowest BCUT2D eigenvalue weighted by molar-refractivity contribution is 0.295. The van der Waals surface area contributed by atoms with Crippen LogP contribution in [0.15, 0.2) is 27.4 Å². The Morgan fingerprint density at radius 2 is 2.29 bits per heavy atom. The van der Waals surface area contributed by atoms with Crippen LogP contribution >= 0.6 is 15.9 Å². The molecule has 1 aliphatic rings. The van der Waals surface area contributed by atoms with Crippen molar-refractivity contribution in [2.24, 2.45) is 5.92 Å². The molecule has 0 radical (unpaired) electrons. The highest BCUT2D eigenvalue weighted by molar-refractivity contribution is 9.09. The molecule has 1 atom stereocenters. The van der Waals surface area contributed by atoms with Gasteiger partial charge in [-0.15, -0.1) is 0 Å². The Hall–Kier alpha value is -1.03. The summed E-state index contributed by atoms with van der Waals surface area (Å²) in [7, 11) is 0. The van der Waals surface area contributed by atoms with Crippen LogP contribution in [-0.2, 0) is 0 Å². The van der Waals surface area contributed by atoms with Gasteiger partial charge in [0.25, 0.3) is 0 Å². The fourth-order valence-corrected chi connectivity index (χ4v) is 3.13. The molecule has 2 aromatic rings. The number of fused-ring (bicyclic) bond motifs is 1. The van der Waals surface area contributed by atoms with Crippen molar-refractivity contribution in [2.75, 3.05) is 0 Å². The molecule has 1 aliphatic carbocycles. The lowest BCUT2D eigenvalue weighted by atomic mass is 9.81. The Balaban J connectivity index is 1.85. The van der Waals surface area contributed by atoms with E-state index in [1.807, 2.05) is 18.2 Å². The second kappa shape index (κ2) is 4.33. The summed E-state index contributed by atoms with van der Waals surface area (Å²) < 4.78 is 5.07. The maximum Gasteiger partial charge on any atom is 0.417 e. The molecule has 17 heavy (non-hydrogen) atoms. The van der Waals surface area contributed by atoms with Gasteiger partial charge in [0.05, 0.1) is 5.52 Å². The molecule has 1 saturated carbocycles. The van der Waals surface area contributed by atoms with Crippen LogP contribution in [0.5, 0.6) is 0 Å². The van der Waals surface area contributed by atoms with Gasteiger partial charge in [0.1, 0.15) is 0 Å². The van der Waals surface area contributed by atoms with Gasteiger partial charge in [0.2, 0.25) is 0 Å². The van der Waals surface area contributed by atoms with Crippen molar-refractivity contribution >= 4 is 27.0 Å². The maximum absolute atomic E-state index is 11.1. The summed E-state index contributed by atoms with van der Waals surface area (Å²) in [5, 5.41) is 0. The highest BCUT2D eigenvalue weighted by Gasteiger charge is 2.21. The lowest BCUT2D eigenvalue weighted by Gasteiger charge is -2.27. The average Bonchev–Trinajstić information content (AvgIpc) is 2.62. The van der Waals surface area contributed by atoms with Crippen molar-refractivity contribution in [1.82, 2.24) is 4.98 Å². The van der Waals surface area contributed by atoms with Crippen molar-refractivity contribution in [3.8, 4) is 0 Å². The van der Waals surface area contributed by atoms with E-state index >= 15 is 0 Å². The van der Waals surface area contributed by atoms with Crippen molar-refractivity contribution in [2.45, 2.75) is 30.5 Å². The van der Waals surface area contributed by atoms with Gasteiger partial charge in [0.15, 0.2) is 5.58 Å². The molecule has 0 spiro atoms. The number of aromatic nitrogens is 1. The molecule has 0 bridgehead atoms. The highest BCUT2D eigenvalue weighted by Crippen LogP contribution is 2.39. The van der Waals surface area contributed by atoms with Crippen LogP contribution in [0, 0.1) is 5.92 Å². The standard InChI is InChI=1S/C13H14BrNO2/c14-10(6-8-2-1-3-8)9-4-5-11-12(7-9)17-13(16)15-11/h4-5,7-8,10H,1-3,6H2,(H,15,16). The van der Waals surface area contributed by atoms with Gasteiger partial charge in [-0.25, -0.2) is 4.79 Å². The average molecular weight is 296 g/mol. The summed E-state index contributed by atoms with van der Waals surface area (Å²) in [6.07, 6.45) is 5.24. The van der Waals surface area contributed by atoms with E-state index in [2.05, 4.69) is 20.9 Å². The summed E-state index contributed by atoms with van der Waals surface area (Å²) >= 11 is 3.72. The van der Waals surface area contributed by atoms with E-state index in [0.717, 1.165) is 11.4 Å². The number of halogens is 1. The monoisotopic (exact) mass is 295 g/mol. The van der Waals surface area contributed by atoms with Gasteiger partial charge in [-0.3, -0.25) is 4.98 Å². The highest BCUT2D eigenvalue weighted by atomic mass is 79.9. The molecule has 1 heterocycles. The van der Waals surface area contributed by atoms with Crippen LogP contribution in [-0.4, -0.2) is 4.98 Å². The minimum Gasteiger partial charge on any atom is -0.408 e. The Bertz CT molecular complexity index is 582. The predicted octanol–water partition coefficient (Wildman–Crippen LogP) is 3.75. The Kier molecular flexibility index (Phi) is 2.82. The maximum atomic E-state index is 11.1. The molecule has 3 nitrogen and oxygen atoms in total. The van der Waals surface area contributed by atoms with Gasteiger partial charge in [-0.1, -0.05) is 41.3 Å². The third-order valence-corrected chi connectivity index (χ3v) is 4.47. The zero-order valence-corrected chi connectivity index (χ0v) is 11.0. The topological polar surface area (TPSA) is 46.0 Å². The largest absolute Gasteiger partial charge is 0.417 e. The molecule has 1 aromatic carbocycles. The molecule has 90 valence electrons. The van der Waals surface area contributed by atoms with Crippen molar-refractivity contribution in [3.05, 3.63) is 34.3 Å². The predicted molar refractivity (Wildman–Crippen MR) is 70.5 cm³/mol. The molecule has 1 aromatic heterocycles. The number of alkyl halides is 1. The Labute approximate surface area is 107 Å². The first kappa shape index (κ1) is 11.1. The lowest BCUT2D eigenvalue weighted by Crippen LogP contribution is -2.12. The fourth-order valence-electron chi connectivity index (χ4n) is 2.31. The SMILES string of the molecule is O=c1[nH]c2ccc(C(Br)CC3CCC3)cc2o1. The van der Waals surface area contributed by atoms with E-state index in [-0.39, 0.29) is 5.76 Å². The minimum atomic E-state index is -0.387. The van der Waals surface area contributed by atoms with Crippen LogP contribution < -0.4 is 5.76 Å². The molecular weight excluding hydrogens is 282 g/mol. The summed E-state index contributed by atoms with van der Waals surface area (Å²) in [6, 6.07) is 5.90. The summed E-state index contributed by atoms with van der Waals surface area (Å²) in [4.78, 5) is 14.1. The number of hydrogen-bond donors (Lipinski definition) is 1. The smallest absolute Gasteiger partial charge is 0.408 e. The zero-order chi connectivity index (χ0) is 11.8. The summed E-state index contributed by atoms with van der Waals surface area (Å²) in [6.45, 7) is 0. The molecule has 1 N–H and O–H groups in total. The van der Waals surface area contributed by atoms with E-state index in [1.54, 1.807) is 0 Å². The minimum absolute atomic E-state index is 0.359. The molecule has 1 fully saturated rings. The Morgan fingerprint density at radius 3 is 3.00 bits per heavy atom. The van der Waals surface area contributed by atoms with Crippen LogP contribution in [0.2, 0.25) is 0 Å². The van der Waals surface area contributed by atoms with Gasteiger partial charge >= 0.3 is 5.76 Å². The quantitative estimate of drug-likeness (QED) is 0.877. The van der Waals surface area contributed by atoms with Crippen LogP contribution in [0.1, 0.15) is 36.1 Å². The number of H-pyrrole nitrogens is 1. The molecule has 0 amide bonds. The zero-order valence-electron chi connectivity index (χ0n) is 9.41. The molecule has 0 saturated heterocycles. The number of oxazole rings is 1. The number of hydrogen-bond acceptors (Lipinski definition) is 2. The first-order valence-electron chi connectivity index (χ1n) is 5.99. The normalized spacial score (nSPS) is 18.2. The van der Waals surface area contributed by atoms with Crippen LogP contribution in [0.3, 0.4) is 0 Å². The second-order valence-electron chi connectivity index (χ2n) is 4.77. The second-order valence-corrected chi connectivity index (χ2v) is 5.88. The first-order valence-corrected chi connectivity index (χ1v) is 6.91. The van der Waals surface area contributed by atoms with Gasteiger partial charge < -0.3 is 4.42 Å². The number of nitrogens with one attached hydrogen (secondary N) is 1. The van der Waals surface area contributed by atoms with E-state index in [0.29, 0.717) is 10.4 Å². The van der Waals surface area contributed by atoms with Crippen molar-refractivity contribution < 1.29 is 4.42 Å². The van der Waals surface area contributed by atoms with Gasteiger partial charge in [-0.05, 0) is 30.0 Å². The summed E-state index contributed by atoms with van der Waals surface area (Å²) in [5.41, 5.74) is 2.60. The van der Waals surface area contributed by atoms with Crippen molar-refractivity contribution in [3.63, 3.8) is 0 Å². The van der Waals surface area contributed by atoms with E-state index in [1.165, 1.54) is 31.2 Å². The molecule has 1 unspecified atom stereocenters. The van der Waals surface area contributed by atoms with E-state index in [9.17, 15) is 4.79 Å². The molecule has 4 heteroatoms. The van der Waals surface area contributed by atoms with Crippen LogP contribution in [0.4, 0.5) is 0 Å². The number of aromatic amines is 1. The first-order chi connectivity index (χ1) is 8.22. The molecule has 0 aliphatic heterocycles. The molecular formula is C13H14BrNO2. The third-order valence-electron chi connectivity index (χ3n) is 3.57. The van der Waals surface area contributed by atoms with E-state index < -0.39 is 0 Å². The number of rotatable bonds is 3. The van der Waals surface area contributed by atoms with Crippen LogP contribution in [0.25, 0.3) is 11.1 Å². The third kappa shape index (κ3) is 2.18. The summed E-state index contributed by atoms with van der Waals surface area (Å²) in [5.74, 6) is 0.468. The Morgan fingerprint density at radius 1 is 1.47 bits per heavy atom. The van der Waals surface area contributed by atoms with Gasteiger partial charge in [0, 0.05) is 4.83 Å². The fraction of sp³-hybridized carbons (Fsp3) is 0.462. The molecule has 3 rings (SSSR count). The van der Waals surface area contributed by atoms with Crippen molar-refractivity contribution in [1.29, 1.82) is 0 Å². The number of benzene rings is 1. The van der Waals surface area contributed by atoms with E-state index in [4.69, 9.17) is 4.42 Å². The van der Waals surface area contributed by atoms with Gasteiger partial charge in [-0.2, -0.15) is 0 Å².